The molecule has 0 amide bonds. The van der Waals surface area contributed by atoms with E-state index in [9.17, 15) is 12.8 Å². The standard InChI is InChI=1S/C13H18FNO3S2/c1-19-11-4-3-10(7-11)15-20(17,18)13-6-9(8-16)2-5-12(13)14/h2,5-6,10-11,15-16H,3-4,7-8H2,1H3. The zero-order valence-corrected chi connectivity index (χ0v) is 12.8. The first-order chi connectivity index (χ1) is 9.46. The minimum absolute atomic E-state index is 0.144. The maximum atomic E-state index is 13.7. The summed E-state index contributed by atoms with van der Waals surface area (Å²) < 4.78 is 40.7. The highest BCUT2D eigenvalue weighted by Crippen LogP contribution is 2.29. The molecule has 2 atom stereocenters. The molecule has 0 bridgehead atoms. The van der Waals surface area contributed by atoms with Crippen molar-refractivity contribution in [2.24, 2.45) is 0 Å². The molecular formula is C13H18FNO3S2. The molecule has 2 rings (SSSR count). The summed E-state index contributed by atoms with van der Waals surface area (Å²) in [6.45, 7) is -0.319. The van der Waals surface area contributed by atoms with Gasteiger partial charge in [0.1, 0.15) is 10.7 Å². The summed E-state index contributed by atoms with van der Waals surface area (Å²) in [5.74, 6) is -0.797. The van der Waals surface area contributed by atoms with Crippen LogP contribution in [0, 0.1) is 5.82 Å². The average Bonchev–Trinajstić information content (AvgIpc) is 2.86. The molecule has 1 aromatic carbocycles. The summed E-state index contributed by atoms with van der Waals surface area (Å²) in [4.78, 5) is -0.392. The molecule has 0 radical (unpaired) electrons. The first kappa shape index (κ1) is 15.8. The van der Waals surface area contributed by atoms with E-state index in [1.165, 1.54) is 12.1 Å². The van der Waals surface area contributed by atoms with Crippen molar-refractivity contribution in [2.75, 3.05) is 6.26 Å². The number of benzene rings is 1. The molecule has 7 heteroatoms. The molecule has 1 aliphatic carbocycles. The fourth-order valence-electron chi connectivity index (χ4n) is 2.40. The van der Waals surface area contributed by atoms with Crippen LogP contribution in [-0.2, 0) is 16.6 Å². The van der Waals surface area contributed by atoms with Crippen molar-refractivity contribution >= 4 is 21.8 Å². The summed E-state index contributed by atoms with van der Waals surface area (Å²) in [6, 6.07) is 3.47. The minimum Gasteiger partial charge on any atom is -0.392 e. The number of halogens is 1. The van der Waals surface area contributed by atoms with Gasteiger partial charge in [-0.2, -0.15) is 11.8 Å². The summed E-state index contributed by atoms with van der Waals surface area (Å²) in [6.07, 6.45) is 4.51. The Morgan fingerprint density at radius 1 is 1.45 bits per heavy atom. The van der Waals surface area contributed by atoms with E-state index in [0.717, 1.165) is 25.3 Å². The van der Waals surface area contributed by atoms with Gasteiger partial charge in [-0.25, -0.2) is 17.5 Å². The normalized spacial score (nSPS) is 23.1. The van der Waals surface area contributed by atoms with E-state index >= 15 is 0 Å². The van der Waals surface area contributed by atoms with Crippen molar-refractivity contribution in [3.63, 3.8) is 0 Å². The van der Waals surface area contributed by atoms with E-state index in [4.69, 9.17) is 5.11 Å². The van der Waals surface area contributed by atoms with Crippen LogP contribution in [0.3, 0.4) is 0 Å². The van der Waals surface area contributed by atoms with E-state index in [0.29, 0.717) is 10.8 Å². The molecule has 1 saturated carbocycles. The summed E-state index contributed by atoms with van der Waals surface area (Å²) >= 11 is 1.73. The van der Waals surface area contributed by atoms with Gasteiger partial charge in [0.25, 0.3) is 0 Å². The molecule has 1 aliphatic rings. The lowest BCUT2D eigenvalue weighted by Gasteiger charge is -2.14. The number of hydrogen-bond donors (Lipinski definition) is 2. The molecule has 0 saturated heterocycles. The van der Waals surface area contributed by atoms with Crippen molar-refractivity contribution in [1.29, 1.82) is 0 Å². The zero-order chi connectivity index (χ0) is 14.8. The molecular weight excluding hydrogens is 301 g/mol. The van der Waals surface area contributed by atoms with Gasteiger partial charge in [-0.05, 0) is 43.2 Å². The van der Waals surface area contributed by atoms with Crippen LogP contribution in [0.1, 0.15) is 24.8 Å². The third-order valence-corrected chi connectivity index (χ3v) is 6.14. The number of thioether (sulfide) groups is 1. The lowest BCUT2D eigenvalue weighted by Crippen LogP contribution is -2.33. The smallest absolute Gasteiger partial charge is 0.243 e. The van der Waals surface area contributed by atoms with Gasteiger partial charge < -0.3 is 5.11 Å². The van der Waals surface area contributed by atoms with Crippen LogP contribution < -0.4 is 4.72 Å². The van der Waals surface area contributed by atoms with Gasteiger partial charge in [-0.1, -0.05) is 6.07 Å². The fourth-order valence-corrected chi connectivity index (χ4v) is 4.60. The Bertz CT molecular complexity index is 577. The first-order valence-corrected chi connectivity index (χ1v) is 9.18. The van der Waals surface area contributed by atoms with Gasteiger partial charge in [-0.3, -0.25) is 0 Å². The molecule has 0 aliphatic heterocycles. The minimum atomic E-state index is -3.88. The van der Waals surface area contributed by atoms with E-state index in [1.807, 2.05) is 6.26 Å². The molecule has 1 fully saturated rings. The van der Waals surface area contributed by atoms with E-state index in [2.05, 4.69) is 4.72 Å². The lowest BCUT2D eigenvalue weighted by atomic mass is 10.2. The third-order valence-electron chi connectivity index (χ3n) is 3.51. The van der Waals surface area contributed by atoms with Crippen molar-refractivity contribution < 1.29 is 17.9 Å². The van der Waals surface area contributed by atoms with Crippen molar-refractivity contribution in [3.05, 3.63) is 29.6 Å². The Balaban J connectivity index is 2.18. The quantitative estimate of drug-likeness (QED) is 0.870. The number of nitrogens with one attached hydrogen (secondary N) is 1. The Kier molecular flexibility index (Phi) is 5.06. The van der Waals surface area contributed by atoms with Gasteiger partial charge in [0.05, 0.1) is 6.61 Å². The molecule has 112 valence electrons. The van der Waals surface area contributed by atoms with Crippen molar-refractivity contribution in [1.82, 2.24) is 4.72 Å². The van der Waals surface area contributed by atoms with Gasteiger partial charge >= 0.3 is 0 Å². The lowest BCUT2D eigenvalue weighted by molar-refractivity contribution is 0.281. The summed E-state index contributed by atoms with van der Waals surface area (Å²) in [5.41, 5.74) is 0.375. The largest absolute Gasteiger partial charge is 0.392 e. The van der Waals surface area contributed by atoms with Crippen LogP contribution in [0.5, 0.6) is 0 Å². The Hall–Kier alpha value is -0.630. The monoisotopic (exact) mass is 319 g/mol. The second-order valence-corrected chi connectivity index (χ2v) is 7.73. The number of aliphatic hydroxyl groups excluding tert-OH is 1. The van der Waals surface area contributed by atoms with Crippen LogP contribution >= 0.6 is 11.8 Å². The number of rotatable bonds is 5. The number of sulfonamides is 1. The maximum absolute atomic E-state index is 13.7. The third kappa shape index (κ3) is 3.52. The number of hydrogen-bond acceptors (Lipinski definition) is 4. The van der Waals surface area contributed by atoms with Crippen LogP contribution in [0.2, 0.25) is 0 Å². The molecule has 2 unspecified atom stereocenters. The highest BCUT2D eigenvalue weighted by molar-refractivity contribution is 7.99. The molecule has 0 spiro atoms. The molecule has 1 aromatic rings. The van der Waals surface area contributed by atoms with Gasteiger partial charge in [-0.15, -0.1) is 0 Å². The highest BCUT2D eigenvalue weighted by Gasteiger charge is 2.29. The molecule has 20 heavy (non-hydrogen) atoms. The molecule has 0 heterocycles. The predicted octanol–water partition coefficient (Wildman–Crippen LogP) is 1.88. The molecule has 0 aromatic heterocycles. The van der Waals surface area contributed by atoms with E-state index in [1.54, 1.807) is 11.8 Å². The molecule has 2 N–H and O–H groups in total. The zero-order valence-electron chi connectivity index (χ0n) is 11.2. The summed E-state index contributed by atoms with van der Waals surface area (Å²) in [7, 11) is -3.88. The van der Waals surface area contributed by atoms with Crippen LogP contribution in [-0.4, -0.2) is 31.1 Å². The SMILES string of the molecule is CSC1CCC(NS(=O)(=O)c2cc(CO)ccc2F)C1. The number of aliphatic hydroxyl groups is 1. The van der Waals surface area contributed by atoms with Crippen molar-refractivity contribution in [3.8, 4) is 0 Å². The first-order valence-electron chi connectivity index (χ1n) is 6.40. The van der Waals surface area contributed by atoms with E-state index in [-0.39, 0.29) is 12.6 Å². The average molecular weight is 319 g/mol. The summed E-state index contributed by atoms with van der Waals surface area (Å²) in [5, 5.41) is 9.48. The van der Waals surface area contributed by atoms with Gasteiger partial charge in [0, 0.05) is 11.3 Å². The highest BCUT2D eigenvalue weighted by atomic mass is 32.2. The Morgan fingerprint density at radius 3 is 2.80 bits per heavy atom. The van der Waals surface area contributed by atoms with Crippen LogP contribution in [0.4, 0.5) is 4.39 Å². The Labute approximate surface area is 122 Å². The topological polar surface area (TPSA) is 66.4 Å². The van der Waals surface area contributed by atoms with Crippen LogP contribution in [0.25, 0.3) is 0 Å². The van der Waals surface area contributed by atoms with Crippen molar-refractivity contribution in [2.45, 2.75) is 42.1 Å². The second-order valence-electron chi connectivity index (χ2n) is 4.91. The second kappa shape index (κ2) is 6.43. The fraction of sp³-hybridized carbons (Fsp3) is 0.538. The molecule has 4 nitrogen and oxygen atoms in total. The Morgan fingerprint density at radius 2 is 2.20 bits per heavy atom. The van der Waals surface area contributed by atoms with E-state index < -0.39 is 20.7 Å². The van der Waals surface area contributed by atoms with Gasteiger partial charge in [0.15, 0.2) is 0 Å². The van der Waals surface area contributed by atoms with Crippen LogP contribution in [0.15, 0.2) is 23.1 Å². The predicted molar refractivity (Wildman–Crippen MR) is 77.6 cm³/mol. The maximum Gasteiger partial charge on any atom is 0.243 e. The van der Waals surface area contributed by atoms with Gasteiger partial charge in [0.2, 0.25) is 10.0 Å².